The van der Waals surface area contributed by atoms with Crippen molar-refractivity contribution in [1.29, 1.82) is 0 Å². The van der Waals surface area contributed by atoms with Gasteiger partial charge in [-0.05, 0) is 34.6 Å². The molecule has 7 nitrogen and oxygen atoms in total. The zero-order chi connectivity index (χ0) is 19.6. The molecule has 1 aliphatic rings. The first-order valence-corrected chi connectivity index (χ1v) is 10.3. The summed E-state index contributed by atoms with van der Waals surface area (Å²) in [4.78, 5) is 21.4. The normalized spacial score (nSPS) is 16.3. The molecule has 0 N–H and O–H groups in total. The Morgan fingerprint density at radius 2 is 1.96 bits per heavy atom. The fourth-order valence-electron chi connectivity index (χ4n) is 2.76. The van der Waals surface area contributed by atoms with Crippen molar-refractivity contribution in [2.75, 3.05) is 32.9 Å². The number of carbonyl (C=O) groups excluding carboxylic acids is 1. The lowest BCUT2D eigenvalue weighted by Gasteiger charge is -2.35. The number of piperazine rings is 1. The molecule has 1 aliphatic heterocycles. The standard InChI is InChI=1S/C19H29N5O2S/c1-14(2)24-11-15(10-20-24)17-21-16(12-27-17)18(25)23-8-6-22(7-9-23)13-26-19(3,4)5/h10-12,14H,6-9,13H2,1-5H3. The molecule has 2 aromatic heterocycles. The molecule has 1 saturated heterocycles. The van der Waals surface area contributed by atoms with Crippen LogP contribution in [-0.2, 0) is 4.74 Å². The van der Waals surface area contributed by atoms with E-state index >= 15 is 0 Å². The van der Waals surface area contributed by atoms with Crippen molar-refractivity contribution in [1.82, 2.24) is 24.6 Å². The molecule has 27 heavy (non-hydrogen) atoms. The lowest BCUT2D eigenvalue weighted by molar-refractivity contribution is -0.0721. The summed E-state index contributed by atoms with van der Waals surface area (Å²) in [5.41, 5.74) is 1.33. The van der Waals surface area contributed by atoms with Gasteiger partial charge in [-0.1, -0.05) is 0 Å². The van der Waals surface area contributed by atoms with Gasteiger partial charge >= 0.3 is 0 Å². The van der Waals surface area contributed by atoms with Crippen molar-refractivity contribution in [2.45, 2.75) is 46.3 Å². The van der Waals surface area contributed by atoms with Gasteiger partial charge in [0.25, 0.3) is 5.91 Å². The number of ether oxygens (including phenoxy) is 1. The molecule has 0 saturated carbocycles. The quantitative estimate of drug-likeness (QED) is 0.784. The molecule has 0 aliphatic carbocycles. The van der Waals surface area contributed by atoms with Crippen LogP contribution in [0.3, 0.4) is 0 Å². The number of amides is 1. The number of thiazole rings is 1. The second kappa shape index (κ2) is 8.08. The largest absolute Gasteiger partial charge is 0.360 e. The van der Waals surface area contributed by atoms with Gasteiger partial charge in [0.1, 0.15) is 10.7 Å². The van der Waals surface area contributed by atoms with Gasteiger partial charge in [0, 0.05) is 49.4 Å². The Kier molecular flexibility index (Phi) is 5.98. The van der Waals surface area contributed by atoms with Crippen LogP contribution in [-0.4, -0.2) is 69.0 Å². The number of aromatic nitrogens is 3. The van der Waals surface area contributed by atoms with E-state index in [2.05, 4.69) is 49.6 Å². The third-order valence-corrected chi connectivity index (χ3v) is 5.33. The monoisotopic (exact) mass is 391 g/mol. The molecule has 2 aromatic rings. The van der Waals surface area contributed by atoms with E-state index in [1.807, 2.05) is 21.2 Å². The molecule has 148 valence electrons. The molecular formula is C19H29N5O2S. The van der Waals surface area contributed by atoms with Gasteiger partial charge < -0.3 is 9.64 Å². The molecule has 1 fully saturated rings. The van der Waals surface area contributed by atoms with Crippen LogP contribution in [0.1, 0.15) is 51.1 Å². The maximum Gasteiger partial charge on any atom is 0.273 e. The molecule has 8 heteroatoms. The van der Waals surface area contributed by atoms with Gasteiger partial charge in [0.15, 0.2) is 0 Å². The topological polar surface area (TPSA) is 63.5 Å². The van der Waals surface area contributed by atoms with Gasteiger partial charge in [-0.2, -0.15) is 5.10 Å². The summed E-state index contributed by atoms with van der Waals surface area (Å²) in [6.07, 6.45) is 3.78. The maximum absolute atomic E-state index is 12.8. The van der Waals surface area contributed by atoms with Gasteiger partial charge in [-0.25, -0.2) is 4.98 Å². The average Bonchev–Trinajstić information content (AvgIpc) is 3.28. The van der Waals surface area contributed by atoms with E-state index in [1.54, 1.807) is 6.20 Å². The first kappa shape index (κ1) is 20.0. The highest BCUT2D eigenvalue weighted by atomic mass is 32.1. The Hall–Kier alpha value is -1.77. The van der Waals surface area contributed by atoms with Crippen molar-refractivity contribution in [3.63, 3.8) is 0 Å². The van der Waals surface area contributed by atoms with Crippen LogP contribution in [0, 0.1) is 0 Å². The highest BCUT2D eigenvalue weighted by molar-refractivity contribution is 7.13. The maximum atomic E-state index is 12.8. The van der Waals surface area contributed by atoms with Crippen molar-refractivity contribution < 1.29 is 9.53 Å². The van der Waals surface area contributed by atoms with Crippen LogP contribution in [0.25, 0.3) is 10.6 Å². The molecule has 0 atom stereocenters. The van der Waals surface area contributed by atoms with Gasteiger partial charge in [0.05, 0.1) is 18.5 Å². The lowest BCUT2D eigenvalue weighted by atomic mass is 10.2. The van der Waals surface area contributed by atoms with Crippen molar-refractivity contribution in [2.24, 2.45) is 0 Å². The summed E-state index contributed by atoms with van der Waals surface area (Å²) in [5.74, 6) is 0.00476. The Morgan fingerprint density at radius 3 is 2.56 bits per heavy atom. The average molecular weight is 392 g/mol. The number of rotatable bonds is 5. The minimum Gasteiger partial charge on any atom is -0.360 e. The number of hydrogen-bond donors (Lipinski definition) is 0. The Balaban J connectivity index is 1.57. The predicted octanol–water partition coefficient (Wildman–Crippen LogP) is 3.12. The first-order chi connectivity index (χ1) is 12.7. The van der Waals surface area contributed by atoms with E-state index in [4.69, 9.17) is 4.74 Å². The third-order valence-electron chi connectivity index (χ3n) is 4.44. The predicted molar refractivity (Wildman–Crippen MR) is 107 cm³/mol. The number of nitrogens with zero attached hydrogens (tertiary/aromatic N) is 5. The molecule has 3 rings (SSSR count). The summed E-state index contributed by atoms with van der Waals surface area (Å²) in [6, 6.07) is 0.304. The summed E-state index contributed by atoms with van der Waals surface area (Å²) in [7, 11) is 0. The van der Waals surface area contributed by atoms with Crippen molar-refractivity contribution in [3.8, 4) is 10.6 Å². The molecule has 0 radical (unpaired) electrons. The van der Waals surface area contributed by atoms with Crippen LogP contribution in [0.5, 0.6) is 0 Å². The van der Waals surface area contributed by atoms with E-state index in [0.717, 1.165) is 23.7 Å². The first-order valence-electron chi connectivity index (χ1n) is 9.38. The van der Waals surface area contributed by atoms with Crippen LogP contribution in [0.4, 0.5) is 0 Å². The second-order valence-electron chi connectivity index (χ2n) is 8.14. The molecule has 1 amide bonds. The molecular weight excluding hydrogens is 362 g/mol. The smallest absolute Gasteiger partial charge is 0.273 e. The molecule has 0 unspecified atom stereocenters. The molecule has 0 aromatic carbocycles. The second-order valence-corrected chi connectivity index (χ2v) is 8.99. The van der Waals surface area contributed by atoms with Crippen molar-refractivity contribution in [3.05, 3.63) is 23.5 Å². The minimum absolute atomic E-state index is 0.00476. The Bertz CT molecular complexity index is 769. The van der Waals surface area contributed by atoms with Crippen LogP contribution in [0.2, 0.25) is 0 Å². The fraction of sp³-hybridized carbons (Fsp3) is 0.632. The van der Waals surface area contributed by atoms with Gasteiger partial charge in [-0.15, -0.1) is 11.3 Å². The van der Waals surface area contributed by atoms with Crippen LogP contribution < -0.4 is 0 Å². The van der Waals surface area contributed by atoms with E-state index < -0.39 is 0 Å². The summed E-state index contributed by atoms with van der Waals surface area (Å²) >= 11 is 1.49. The Morgan fingerprint density at radius 1 is 1.26 bits per heavy atom. The number of carbonyl (C=O) groups is 1. The third kappa shape index (κ3) is 5.15. The molecule has 0 bridgehead atoms. The van der Waals surface area contributed by atoms with E-state index in [-0.39, 0.29) is 11.5 Å². The van der Waals surface area contributed by atoms with Crippen LogP contribution >= 0.6 is 11.3 Å². The SMILES string of the molecule is CC(C)n1cc(-c2nc(C(=O)N3CCN(COC(C)(C)C)CC3)cs2)cn1. The lowest BCUT2D eigenvalue weighted by Crippen LogP contribution is -2.49. The summed E-state index contributed by atoms with van der Waals surface area (Å²) in [6.45, 7) is 14.0. The zero-order valence-electron chi connectivity index (χ0n) is 16.8. The Labute approximate surface area is 164 Å². The van der Waals surface area contributed by atoms with Gasteiger partial charge in [0.2, 0.25) is 0 Å². The van der Waals surface area contributed by atoms with E-state index in [1.165, 1.54) is 11.3 Å². The molecule has 0 spiro atoms. The molecule has 3 heterocycles. The van der Waals surface area contributed by atoms with Crippen LogP contribution in [0.15, 0.2) is 17.8 Å². The van der Waals surface area contributed by atoms with Crippen molar-refractivity contribution >= 4 is 17.2 Å². The van der Waals surface area contributed by atoms with E-state index in [9.17, 15) is 4.79 Å². The van der Waals surface area contributed by atoms with Gasteiger partial charge in [-0.3, -0.25) is 14.4 Å². The zero-order valence-corrected chi connectivity index (χ0v) is 17.6. The minimum atomic E-state index is -0.146. The fourth-order valence-corrected chi connectivity index (χ4v) is 3.53. The summed E-state index contributed by atoms with van der Waals surface area (Å²) < 4.78 is 7.72. The number of hydrogen-bond acceptors (Lipinski definition) is 6. The highest BCUT2D eigenvalue weighted by Crippen LogP contribution is 2.25. The van der Waals surface area contributed by atoms with E-state index in [0.29, 0.717) is 31.6 Å². The summed E-state index contributed by atoms with van der Waals surface area (Å²) in [5, 5.41) is 7.03. The highest BCUT2D eigenvalue weighted by Gasteiger charge is 2.25.